The number of hydrogen-bond donors (Lipinski definition) is 0. The molecule has 0 spiro atoms. The van der Waals surface area contributed by atoms with Crippen LogP contribution in [0.4, 0.5) is 0 Å². The fraction of sp³-hybridized carbons (Fsp3) is 0.294. The van der Waals surface area contributed by atoms with Crippen molar-refractivity contribution in [3.8, 4) is 5.75 Å². The van der Waals surface area contributed by atoms with Crippen molar-refractivity contribution in [1.29, 1.82) is 0 Å². The van der Waals surface area contributed by atoms with Crippen LogP contribution in [0.25, 0.3) is 0 Å². The highest BCUT2D eigenvalue weighted by Crippen LogP contribution is 2.24. The lowest BCUT2D eigenvalue weighted by molar-refractivity contribution is 0.405. The van der Waals surface area contributed by atoms with Crippen LogP contribution < -0.4 is 4.74 Å². The molecule has 0 aromatic heterocycles. The number of benzene rings is 2. The summed E-state index contributed by atoms with van der Waals surface area (Å²) in [5, 5.41) is 0. The zero-order chi connectivity index (χ0) is 14.4. The number of ether oxygens (including phenoxy) is 1. The van der Waals surface area contributed by atoms with E-state index in [-0.39, 0.29) is 0 Å². The number of methoxy groups -OCH3 is 1. The monoisotopic (exact) mass is 352 g/mol. The third-order valence-electron chi connectivity index (χ3n) is 3.36. The SMILES string of the molecule is COc1ccccc1CC(CCl)Cc1ccc(Br)cc1. The summed E-state index contributed by atoms with van der Waals surface area (Å²) in [6.45, 7) is 0. The maximum Gasteiger partial charge on any atom is 0.122 e. The minimum Gasteiger partial charge on any atom is -0.496 e. The molecule has 0 aliphatic heterocycles. The molecule has 0 amide bonds. The highest BCUT2D eigenvalue weighted by Gasteiger charge is 2.12. The molecule has 20 heavy (non-hydrogen) atoms. The molecule has 0 fully saturated rings. The van der Waals surface area contributed by atoms with E-state index in [1.165, 1.54) is 11.1 Å². The lowest BCUT2D eigenvalue weighted by Gasteiger charge is -2.16. The van der Waals surface area contributed by atoms with Crippen LogP contribution in [0.15, 0.2) is 53.0 Å². The van der Waals surface area contributed by atoms with Gasteiger partial charge in [0.25, 0.3) is 0 Å². The molecule has 0 radical (unpaired) electrons. The van der Waals surface area contributed by atoms with Crippen molar-refractivity contribution in [2.75, 3.05) is 13.0 Å². The van der Waals surface area contributed by atoms with Gasteiger partial charge in [-0.1, -0.05) is 46.3 Å². The molecular weight excluding hydrogens is 336 g/mol. The zero-order valence-corrected chi connectivity index (χ0v) is 13.8. The van der Waals surface area contributed by atoms with E-state index < -0.39 is 0 Å². The van der Waals surface area contributed by atoms with Crippen molar-refractivity contribution in [3.05, 3.63) is 64.1 Å². The molecule has 0 bridgehead atoms. The van der Waals surface area contributed by atoms with E-state index in [2.05, 4.69) is 46.3 Å². The van der Waals surface area contributed by atoms with Crippen LogP contribution in [0.3, 0.4) is 0 Å². The van der Waals surface area contributed by atoms with Crippen LogP contribution in [0, 0.1) is 5.92 Å². The predicted molar refractivity (Wildman–Crippen MR) is 88.8 cm³/mol. The van der Waals surface area contributed by atoms with Gasteiger partial charge in [0.2, 0.25) is 0 Å². The Morgan fingerprint density at radius 3 is 2.40 bits per heavy atom. The van der Waals surface area contributed by atoms with Gasteiger partial charge in [0.1, 0.15) is 5.75 Å². The second kappa shape index (κ2) is 7.70. The van der Waals surface area contributed by atoms with E-state index in [1.807, 2.05) is 18.2 Å². The molecule has 0 aliphatic rings. The van der Waals surface area contributed by atoms with Crippen molar-refractivity contribution in [2.24, 2.45) is 5.92 Å². The molecule has 1 atom stereocenters. The molecule has 0 saturated heterocycles. The van der Waals surface area contributed by atoms with E-state index in [1.54, 1.807) is 7.11 Å². The quantitative estimate of drug-likeness (QED) is 0.657. The Kier molecular flexibility index (Phi) is 5.93. The van der Waals surface area contributed by atoms with E-state index >= 15 is 0 Å². The molecule has 0 N–H and O–H groups in total. The second-order valence-corrected chi connectivity index (χ2v) is 6.09. The summed E-state index contributed by atoms with van der Waals surface area (Å²) >= 11 is 9.60. The fourth-order valence-corrected chi connectivity index (χ4v) is 2.80. The summed E-state index contributed by atoms with van der Waals surface area (Å²) < 4.78 is 6.51. The average Bonchev–Trinajstić information content (AvgIpc) is 2.49. The standard InChI is InChI=1S/C17H18BrClO/c1-20-17-5-3-2-4-15(17)11-14(12-19)10-13-6-8-16(18)9-7-13/h2-9,14H,10-12H2,1H3. The number of rotatable bonds is 6. The molecule has 2 aromatic carbocycles. The summed E-state index contributed by atoms with van der Waals surface area (Å²) in [4.78, 5) is 0. The van der Waals surface area contributed by atoms with Gasteiger partial charge in [-0.25, -0.2) is 0 Å². The van der Waals surface area contributed by atoms with Crippen molar-refractivity contribution in [1.82, 2.24) is 0 Å². The average molecular weight is 354 g/mol. The largest absolute Gasteiger partial charge is 0.496 e. The number of para-hydroxylation sites is 1. The Morgan fingerprint density at radius 2 is 1.75 bits per heavy atom. The van der Waals surface area contributed by atoms with Gasteiger partial charge in [0, 0.05) is 10.4 Å². The third-order valence-corrected chi connectivity index (χ3v) is 4.32. The molecule has 0 heterocycles. The first-order chi connectivity index (χ1) is 9.72. The lowest BCUT2D eigenvalue weighted by atomic mass is 9.93. The highest BCUT2D eigenvalue weighted by molar-refractivity contribution is 9.10. The first-order valence-corrected chi connectivity index (χ1v) is 7.98. The molecule has 0 aliphatic carbocycles. The number of hydrogen-bond acceptors (Lipinski definition) is 1. The fourth-order valence-electron chi connectivity index (χ4n) is 2.32. The van der Waals surface area contributed by atoms with Gasteiger partial charge in [0.15, 0.2) is 0 Å². The first-order valence-electron chi connectivity index (χ1n) is 6.65. The van der Waals surface area contributed by atoms with E-state index in [0.717, 1.165) is 23.1 Å². The number of alkyl halides is 1. The van der Waals surface area contributed by atoms with Gasteiger partial charge in [-0.05, 0) is 48.1 Å². The Hall–Kier alpha value is -0.990. The summed E-state index contributed by atoms with van der Waals surface area (Å²) in [7, 11) is 1.71. The molecule has 2 rings (SSSR count). The molecule has 0 saturated carbocycles. The zero-order valence-electron chi connectivity index (χ0n) is 11.5. The Morgan fingerprint density at radius 1 is 1.05 bits per heavy atom. The predicted octanol–water partition coefficient (Wildman–Crippen LogP) is 5.10. The van der Waals surface area contributed by atoms with Crippen LogP contribution in [-0.4, -0.2) is 13.0 Å². The van der Waals surface area contributed by atoms with Crippen LogP contribution in [-0.2, 0) is 12.8 Å². The Balaban J connectivity index is 2.07. The Bertz CT molecular complexity index is 539. The first kappa shape index (κ1) is 15.4. The lowest BCUT2D eigenvalue weighted by Crippen LogP contribution is -2.11. The summed E-state index contributed by atoms with van der Waals surface area (Å²) in [5.74, 6) is 2.00. The molecule has 3 heteroatoms. The Labute approximate surface area is 134 Å². The van der Waals surface area contributed by atoms with Crippen molar-refractivity contribution < 1.29 is 4.74 Å². The van der Waals surface area contributed by atoms with Gasteiger partial charge in [-0.15, -0.1) is 11.6 Å². The van der Waals surface area contributed by atoms with E-state index in [0.29, 0.717) is 11.8 Å². The maximum absolute atomic E-state index is 6.14. The van der Waals surface area contributed by atoms with Crippen LogP contribution in [0.5, 0.6) is 5.75 Å². The molecule has 1 unspecified atom stereocenters. The van der Waals surface area contributed by atoms with Crippen LogP contribution in [0.1, 0.15) is 11.1 Å². The highest BCUT2D eigenvalue weighted by atomic mass is 79.9. The van der Waals surface area contributed by atoms with Crippen LogP contribution >= 0.6 is 27.5 Å². The van der Waals surface area contributed by atoms with Gasteiger partial charge in [0.05, 0.1) is 7.11 Å². The third kappa shape index (κ3) is 4.26. The van der Waals surface area contributed by atoms with Crippen molar-refractivity contribution in [2.45, 2.75) is 12.8 Å². The van der Waals surface area contributed by atoms with Gasteiger partial charge >= 0.3 is 0 Å². The normalized spacial score (nSPS) is 12.2. The maximum atomic E-state index is 6.14. The smallest absolute Gasteiger partial charge is 0.122 e. The minimum absolute atomic E-state index is 0.411. The van der Waals surface area contributed by atoms with Crippen LogP contribution in [0.2, 0.25) is 0 Å². The summed E-state index contributed by atoms with van der Waals surface area (Å²) in [6.07, 6.45) is 1.92. The summed E-state index contributed by atoms with van der Waals surface area (Å²) in [6, 6.07) is 16.6. The van der Waals surface area contributed by atoms with Gasteiger partial charge in [-0.2, -0.15) is 0 Å². The molecule has 2 aromatic rings. The molecule has 106 valence electrons. The molecule has 1 nitrogen and oxygen atoms in total. The summed E-state index contributed by atoms with van der Waals surface area (Å²) in [5.41, 5.74) is 2.53. The van der Waals surface area contributed by atoms with Gasteiger partial charge < -0.3 is 4.74 Å². The topological polar surface area (TPSA) is 9.23 Å². The second-order valence-electron chi connectivity index (χ2n) is 4.87. The van der Waals surface area contributed by atoms with E-state index in [9.17, 15) is 0 Å². The van der Waals surface area contributed by atoms with E-state index in [4.69, 9.17) is 16.3 Å². The number of halogens is 2. The van der Waals surface area contributed by atoms with Crippen molar-refractivity contribution in [3.63, 3.8) is 0 Å². The van der Waals surface area contributed by atoms with Crippen molar-refractivity contribution >= 4 is 27.5 Å². The molecular formula is C17H18BrClO. The minimum atomic E-state index is 0.411. The van der Waals surface area contributed by atoms with Gasteiger partial charge in [-0.3, -0.25) is 0 Å².